The number of nitrogens with one attached hydrogen (secondary N) is 3. The average Bonchev–Trinajstić information content (AvgIpc) is 3.92. The summed E-state index contributed by atoms with van der Waals surface area (Å²) >= 11 is 0. The molecule has 4 aromatic heterocycles. The molecule has 27 heteroatoms. The summed E-state index contributed by atoms with van der Waals surface area (Å²) in [7, 11) is 0. The Morgan fingerprint density at radius 1 is 0.603 bits per heavy atom. The van der Waals surface area contributed by atoms with Gasteiger partial charge in [-0.2, -0.15) is 52.7 Å². The van der Waals surface area contributed by atoms with Gasteiger partial charge in [-0.05, 0) is 60.7 Å². The molecular weight excluding hydrogens is 876 g/mol. The number of hydrogen-bond acceptors (Lipinski definition) is 11. The fraction of sp³-hybridized carbons (Fsp3) is 0.111. The first-order valence-corrected chi connectivity index (χ1v) is 16.8. The molecule has 2 aromatic carbocycles. The molecule has 332 valence electrons. The minimum atomic E-state index is -4.99. The van der Waals surface area contributed by atoms with Crippen LogP contribution in [0.2, 0.25) is 0 Å². The molecule has 0 bridgehead atoms. The van der Waals surface area contributed by atoms with Gasteiger partial charge in [0, 0.05) is 48.1 Å². The lowest BCUT2D eigenvalue weighted by molar-refractivity contribution is -0.144. The smallest absolute Gasteiger partial charge is 0.416 e. The molecule has 0 saturated heterocycles. The Morgan fingerprint density at radius 3 is 1.33 bits per heavy atom. The minimum Gasteiger partial charge on any atom is -0.478 e. The number of halogens is 12. The quantitative estimate of drug-likeness (QED) is 0.0407. The zero-order valence-electron chi connectivity index (χ0n) is 31.0. The maximum Gasteiger partial charge on any atom is 0.416 e. The van der Waals surface area contributed by atoms with E-state index in [4.69, 9.17) is 10.9 Å². The third kappa shape index (κ3) is 15.0. The van der Waals surface area contributed by atoms with Gasteiger partial charge >= 0.3 is 30.7 Å². The van der Waals surface area contributed by atoms with E-state index < -0.39 is 75.8 Å². The topological polar surface area (TPSA) is 204 Å². The van der Waals surface area contributed by atoms with Crippen molar-refractivity contribution in [2.75, 3.05) is 10.9 Å². The highest BCUT2D eigenvalue weighted by Gasteiger charge is 2.38. The SMILES string of the molecule is NNc1cccnc1.O=C(/C=C\n1cnc(-c2cc(C(F)(F)F)cc(C(F)(F)F)c2)n1)NNc1cccnc1.O=C(O)/C=C\n1cnc(-c2cc(C(F)(F)F)cc(C(F)(F)F)c2)n1. The molecule has 1 amide bonds. The summed E-state index contributed by atoms with van der Waals surface area (Å²) in [6, 6.07) is 8.94. The molecule has 0 aliphatic rings. The number of carbonyl (C=O) groups excluding carboxylic acids is 1. The minimum absolute atomic E-state index is 0.00910. The largest absolute Gasteiger partial charge is 0.478 e. The van der Waals surface area contributed by atoms with Gasteiger partial charge in [0.15, 0.2) is 11.6 Å². The number of hydrazine groups is 2. The highest BCUT2D eigenvalue weighted by molar-refractivity contribution is 5.90. The highest BCUT2D eigenvalue weighted by atomic mass is 19.4. The number of nitrogens with two attached hydrogens (primary N) is 1. The zero-order chi connectivity index (χ0) is 46.6. The molecule has 15 nitrogen and oxygen atoms in total. The summed E-state index contributed by atoms with van der Waals surface area (Å²) in [6.45, 7) is 0. The van der Waals surface area contributed by atoms with E-state index in [2.05, 4.69) is 46.4 Å². The average molecular weight is 903 g/mol. The van der Waals surface area contributed by atoms with Crippen LogP contribution < -0.4 is 22.1 Å². The number of rotatable bonds is 9. The van der Waals surface area contributed by atoms with Crippen LogP contribution >= 0.6 is 0 Å². The van der Waals surface area contributed by atoms with Crippen molar-refractivity contribution in [1.82, 2.24) is 44.9 Å². The molecule has 0 aliphatic heterocycles. The van der Waals surface area contributed by atoms with Crippen molar-refractivity contribution in [2.45, 2.75) is 24.7 Å². The number of benzene rings is 2. The van der Waals surface area contributed by atoms with Crippen LogP contribution in [0.4, 0.5) is 64.1 Å². The van der Waals surface area contributed by atoms with Gasteiger partial charge in [0.2, 0.25) is 0 Å². The van der Waals surface area contributed by atoms with E-state index in [0.717, 1.165) is 46.2 Å². The summed E-state index contributed by atoms with van der Waals surface area (Å²) < 4.78 is 156. The number of hydrogen-bond donors (Lipinski definition) is 5. The van der Waals surface area contributed by atoms with Gasteiger partial charge in [-0.3, -0.25) is 31.5 Å². The normalized spacial score (nSPS) is 12.0. The van der Waals surface area contributed by atoms with Crippen LogP contribution in [-0.4, -0.2) is 56.5 Å². The standard InChI is InChI=1S/C18H12F6N6O.C13H7F6N3O2.C5H7N3/c19-17(20,21)12-6-11(7-13(8-12)18(22,23)24)16-26-10-30(29-16)5-3-15(31)28-27-14-2-1-4-25-9-14;14-12(15,16)8-3-7(4-9(5-8)13(17,18)19)11-20-6-22(21-11)2-1-10(23)24;6-8-5-2-1-3-7-4-5/h1-10,27H,(H,28,31);1-6H,(H,23,24);1-4,8H,6H2/b5-3-;2-1-;. The number of carboxylic acids is 1. The van der Waals surface area contributed by atoms with E-state index >= 15 is 0 Å². The fourth-order valence-corrected chi connectivity index (χ4v) is 4.47. The van der Waals surface area contributed by atoms with Crippen molar-refractivity contribution in [3.05, 3.63) is 133 Å². The van der Waals surface area contributed by atoms with Crippen LogP contribution in [-0.2, 0) is 34.3 Å². The second-order valence-electron chi connectivity index (χ2n) is 11.9. The Hall–Kier alpha value is -7.84. The molecule has 0 unspecified atom stereocenters. The Balaban J connectivity index is 0.000000240. The third-order valence-corrected chi connectivity index (χ3v) is 7.28. The Bertz CT molecular complexity index is 2450. The summed E-state index contributed by atoms with van der Waals surface area (Å²) in [4.78, 5) is 37.1. The highest BCUT2D eigenvalue weighted by Crippen LogP contribution is 2.39. The lowest BCUT2D eigenvalue weighted by Gasteiger charge is -2.13. The predicted octanol–water partition coefficient (Wildman–Crippen LogP) is 7.90. The molecule has 6 rings (SSSR count). The fourth-order valence-electron chi connectivity index (χ4n) is 4.47. The second-order valence-corrected chi connectivity index (χ2v) is 11.9. The first kappa shape index (κ1) is 47.8. The van der Waals surface area contributed by atoms with Crippen molar-refractivity contribution >= 4 is 35.7 Å². The summed E-state index contributed by atoms with van der Waals surface area (Å²) in [5.74, 6) is 2.34. The Morgan fingerprint density at radius 2 is 1.00 bits per heavy atom. The molecular formula is C36H26F12N12O3. The van der Waals surface area contributed by atoms with E-state index in [1.165, 1.54) is 12.4 Å². The van der Waals surface area contributed by atoms with E-state index in [9.17, 15) is 62.3 Å². The maximum atomic E-state index is 13.0. The molecule has 63 heavy (non-hydrogen) atoms. The third-order valence-electron chi connectivity index (χ3n) is 7.28. The Kier molecular flexibility index (Phi) is 15.3. The first-order chi connectivity index (χ1) is 29.4. The number of carboxylic acid groups (broad SMARTS) is 1. The van der Waals surface area contributed by atoms with Crippen LogP contribution in [0.5, 0.6) is 0 Å². The molecule has 0 aliphatic carbocycles. The predicted molar refractivity (Wildman–Crippen MR) is 197 cm³/mol. The van der Waals surface area contributed by atoms with Crippen molar-refractivity contribution in [3.63, 3.8) is 0 Å². The summed E-state index contributed by atoms with van der Waals surface area (Å²) in [5, 5.41) is 15.9. The molecule has 6 aromatic rings. The molecule has 0 saturated carbocycles. The lowest BCUT2D eigenvalue weighted by Crippen LogP contribution is -2.27. The number of alkyl halides is 12. The van der Waals surface area contributed by atoms with Crippen LogP contribution in [0.25, 0.3) is 35.2 Å². The number of nitrogen functional groups attached to an aromatic ring is 1. The van der Waals surface area contributed by atoms with E-state index in [1.807, 2.05) is 12.1 Å². The number of carbonyl (C=O) groups is 2. The Labute approximate surface area is 344 Å². The van der Waals surface area contributed by atoms with Gasteiger partial charge in [0.05, 0.1) is 46.0 Å². The second kappa shape index (κ2) is 20.1. The van der Waals surface area contributed by atoms with Crippen LogP contribution in [0.3, 0.4) is 0 Å². The number of pyridine rings is 2. The molecule has 0 radical (unpaired) electrons. The monoisotopic (exact) mass is 902 g/mol. The number of anilines is 2. The molecule has 4 heterocycles. The zero-order valence-corrected chi connectivity index (χ0v) is 31.0. The van der Waals surface area contributed by atoms with Crippen molar-refractivity contribution < 1.29 is 67.4 Å². The molecule has 0 atom stereocenters. The van der Waals surface area contributed by atoms with E-state index in [-0.39, 0.29) is 18.0 Å². The van der Waals surface area contributed by atoms with Crippen LogP contribution in [0.15, 0.2) is 110 Å². The lowest BCUT2D eigenvalue weighted by atomic mass is 10.0. The number of aromatic nitrogens is 8. The van der Waals surface area contributed by atoms with Gasteiger partial charge in [-0.15, -0.1) is 10.2 Å². The van der Waals surface area contributed by atoms with E-state index in [1.54, 1.807) is 24.5 Å². The molecule has 0 spiro atoms. The summed E-state index contributed by atoms with van der Waals surface area (Å²) in [6.07, 6.45) is -7.88. The maximum absolute atomic E-state index is 13.0. The summed E-state index contributed by atoms with van der Waals surface area (Å²) in [5.41, 5.74) is 1.78. The van der Waals surface area contributed by atoms with Gasteiger partial charge < -0.3 is 10.5 Å². The van der Waals surface area contributed by atoms with Crippen LogP contribution in [0.1, 0.15) is 22.3 Å². The number of aliphatic carboxylic acids is 1. The number of nitrogens with zero attached hydrogens (tertiary/aromatic N) is 8. The van der Waals surface area contributed by atoms with Gasteiger partial charge in [-0.1, -0.05) is 0 Å². The number of amides is 1. The first-order valence-electron chi connectivity index (χ1n) is 16.8. The van der Waals surface area contributed by atoms with E-state index in [0.29, 0.717) is 36.0 Å². The van der Waals surface area contributed by atoms with Crippen molar-refractivity contribution in [3.8, 4) is 22.8 Å². The van der Waals surface area contributed by atoms with Crippen molar-refractivity contribution in [1.29, 1.82) is 0 Å². The van der Waals surface area contributed by atoms with Crippen molar-refractivity contribution in [2.24, 2.45) is 5.84 Å². The molecule has 0 fully saturated rings. The molecule has 6 N–H and O–H groups in total. The van der Waals surface area contributed by atoms with Gasteiger partial charge in [0.1, 0.15) is 12.7 Å². The van der Waals surface area contributed by atoms with Gasteiger partial charge in [0.25, 0.3) is 5.91 Å². The van der Waals surface area contributed by atoms with Gasteiger partial charge in [-0.25, -0.2) is 24.1 Å². The van der Waals surface area contributed by atoms with Crippen LogP contribution in [0, 0.1) is 0 Å².